The summed E-state index contributed by atoms with van der Waals surface area (Å²) in [5, 5.41) is 0. The van der Waals surface area contributed by atoms with Gasteiger partial charge in [0.2, 0.25) is 0 Å². The van der Waals surface area contributed by atoms with Gasteiger partial charge in [-0.15, -0.1) is 0 Å². The highest BCUT2D eigenvalue weighted by atomic mass is 14.4. The molecule has 0 heterocycles. The molecule has 14 heavy (non-hydrogen) atoms. The lowest BCUT2D eigenvalue weighted by atomic mass is 10.0. The average molecular weight is 202 g/mol. The highest BCUT2D eigenvalue weighted by molar-refractivity contribution is 4.51. The zero-order valence-electron chi connectivity index (χ0n) is 10.2. The van der Waals surface area contributed by atoms with Gasteiger partial charge in [-0.25, -0.2) is 0 Å². The molecule has 1 aliphatic carbocycles. The minimum Gasteiger partial charge on any atom is -0.333 e. The molecule has 0 radical (unpaired) electrons. The van der Waals surface area contributed by atoms with E-state index in [0.29, 0.717) is 0 Å². The van der Waals surface area contributed by atoms with Crippen LogP contribution < -0.4 is 11.5 Å². The fraction of sp³-hybridized carbons (Fsp3) is 1.00. The van der Waals surface area contributed by atoms with Crippen LogP contribution in [0.1, 0.15) is 64.2 Å². The molecule has 2 nitrogen and oxygen atoms in total. The topological polar surface area (TPSA) is 52.0 Å². The van der Waals surface area contributed by atoms with Gasteiger partial charge in [-0.2, -0.15) is 0 Å². The first kappa shape index (κ1) is 16.4. The molecule has 0 aromatic heterocycles. The molecule has 1 aliphatic rings. The van der Waals surface area contributed by atoms with Gasteiger partial charge in [0.25, 0.3) is 0 Å². The fourth-order valence-corrected chi connectivity index (χ4v) is 1.77. The Bertz CT molecular complexity index is 41.5. The summed E-state index contributed by atoms with van der Waals surface area (Å²) in [7, 11) is 3.00. The molecule has 1 rings (SSSR count). The van der Waals surface area contributed by atoms with Crippen molar-refractivity contribution in [2.75, 3.05) is 14.1 Å². The maximum Gasteiger partial charge on any atom is -0.0195 e. The Kier molecular flexibility index (Phi) is 21.8. The van der Waals surface area contributed by atoms with Gasteiger partial charge < -0.3 is 11.5 Å². The third-order valence-electron chi connectivity index (χ3n) is 2.50. The van der Waals surface area contributed by atoms with Gasteiger partial charge in [0.1, 0.15) is 0 Å². The number of hydrogen-bond acceptors (Lipinski definition) is 2. The van der Waals surface area contributed by atoms with Crippen LogP contribution in [0.25, 0.3) is 0 Å². The highest BCUT2D eigenvalue weighted by Crippen LogP contribution is 2.15. The van der Waals surface area contributed by atoms with Crippen LogP contribution in [0.2, 0.25) is 0 Å². The second-order valence-electron chi connectivity index (χ2n) is 3.54. The minimum atomic E-state index is 1.50. The molecule has 0 unspecified atom stereocenters. The molecule has 0 aliphatic heterocycles. The van der Waals surface area contributed by atoms with E-state index in [4.69, 9.17) is 0 Å². The Hall–Kier alpha value is -0.0800. The van der Waals surface area contributed by atoms with Crippen molar-refractivity contribution in [2.45, 2.75) is 64.2 Å². The molecule has 0 spiro atoms. The van der Waals surface area contributed by atoms with Crippen LogP contribution in [0.15, 0.2) is 0 Å². The molecule has 2 heteroatoms. The standard InChI is InChI=1S/C10H20.2CH5N/c1-2-4-6-8-10-9-7-5-3-1;2*1-2/h1-10H2;2*2H2,1H3. The van der Waals surface area contributed by atoms with Crippen molar-refractivity contribution in [1.82, 2.24) is 0 Å². The monoisotopic (exact) mass is 202 g/mol. The lowest BCUT2D eigenvalue weighted by Gasteiger charge is -2.05. The summed E-state index contributed by atoms with van der Waals surface area (Å²) in [6.45, 7) is 0. The number of rotatable bonds is 0. The third kappa shape index (κ3) is 14.4. The van der Waals surface area contributed by atoms with Gasteiger partial charge in [0.05, 0.1) is 0 Å². The molecule has 0 aromatic carbocycles. The van der Waals surface area contributed by atoms with Crippen LogP contribution in [-0.2, 0) is 0 Å². The smallest absolute Gasteiger partial charge is 0.0195 e. The molecule has 88 valence electrons. The van der Waals surface area contributed by atoms with Crippen molar-refractivity contribution in [3.05, 3.63) is 0 Å². The van der Waals surface area contributed by atoms with E-state index in [1.165, 1.54) is 78.3 Å². The molecule has 0 atom stereocenters. The maximum absolute atomic E-state index is 4.50. The Balaban J connectivity index is 0. The van der Waals surface area contributed by atoms with Crippen LogP contribution in [-0.4, -0.2) is 14.1 Å². The van der Waals surface area contributed by atoms with Gasteiger partial charge in [0.15, 0.2) is 0 Å². The van der Waals surface area contributed by atoms with E-state index < -0.39 is 0 Å². The Morgan fingerprint density at radius 2 is 0.429 bits per heavy atom. The van der Waals surface area contributed by atoms with Crippen LogP contribution in [0.3, 0.4) is 0 Å². The van der Waals surface area contributed by atoms with Crippen LogP contribution in [0.4, 0.5) is 0 Å². The fourth-order valence-electron chi connectivity index (χ4n) is 1.77. The SMILES string of the molecule is C1CCCCCCCCC1.CN.CN. The first-order chi connectivity index (χ1) is 7.00. The summed E-state index contributed by atoms with van der Waals surface area (Å²) in [6, 6.07) is 0. The third-order valence-corrected chi connectivity index (χ3v) is 2.50. The first-order valence-corrected chi connectivity index (χ1v) is 6.15. The van der Waals surface area contributed by atoms with E-state index >= 15 is 0 Å². The van der Waals surface area contributed by atoms with E-state index in [-0.39, 0.29) is 0 Å². The molecular formula is C12H30N2. The van der Waals surface area contributed by atoms with Crippen molar-refractivity contribution in [1.29, 1.82) is 0 Å². The molecule has 1 saturated carbocycles. The second-order valence-corrected chi connectivity index (χ2v) is 3.54. The lowest BCUT2D eigenvalue weighted by Crippen LogP contribution is -1.85. The van der Waals surface area contributed by atoms with Crippen LogP contribution >= 0.6 is 0 Å². The molecule has 0 amide bonds. The normalized spacial score (nSPS) is 18.0. The summed E-state index contributed by atoms with van der Waals surface area (Å²) >= 11 is 0. The predicted octanol–water partition coefficient (Wildman–Crippen LogP) is 3.05. The van der Waals surface area contributed by atoms with E-state index in [1.807, 2.05) is 0 Å². The molecule has 4 N–H and O–H groups in total. The van der Waals surface area contributed by atoms with Crippen molar-refractivity contribution in [2.24, 2.45) is 11.5 Å². The van der Waals surface area contributed by atoms with Crippen molar-refractivity contribution in [3.63, 3.8) is 0 Å². The zero-order chi connectivity index (χ0) is 11.1. The summed E-state index contributed by atoms with van der Waals surface area (Å²) in [4.78, 5) is 0. The first-order valence-electron chi connectivity index (χ1n) is 6.15. The number of nitrogens with two attached hydrogens (primary N) is 2. The minimum absolute atomic E-state index is 1.50. The van der Waals surface area contributed by atoms with Gasteiger partial charge in [-0.05, 0) is 14.1 Å². The molecule has 0 bridgehead atoms. The van der Waals surface area contributed by atoms with E-state index in [0.717, 1.165) is 0 Å². The average Bonchev–Trinajstić information content (AvgIpc) is 2.32. The summed E-state index contributed by atoms with van der Waals surface area (Å²) in [6.07, 6.45) is 15.0. The summed E-state index contributed by atoms with van der Waals surface area (Å²) in [5.41, 5.74) is 9.00. The number of hydrogen-bond donors (Lipinski definition) is 2. The quantitative estimate of drug-likeness (QED) is 0.634. The van der Waals surface area contributed by atoms with Crippen LogP contribution in [0.5, 0.6) is 0 Å². The Morgan fingerprint density at radius 3 is 0.500 bits per heavy atom. The predicted molar refractivity (Wildman–Crippen MR) is 66.4 cm³/mol. The van der Waals surface area contributed by atoms with Gasteiger partial charge >= 0.3 is 0 Å². The van der Waals surface area contributed by atoms with E-state index in [2.05, 4.69) is 11.5 Å². The molecule has 0 saturated heterocycles. The zero-order valence-corrected chi connectivity index (χ0v) is 10.2. The Morgan fingerprint density at radius 1 is 0.357 bits per heavy atom. The molecular weight excluding hydrogens is 172 g/mol. The van der Waals surface area contributed by atoms with Crippen molar-refractivity contribution >= 4 is 0 Å². The summed E-state index contributed by atoms with van der Waals surface area (Å²) in [5.74, 6) is 0. The van der Waals surface area contributed by atoms with Gasteiger partial charge in [-0.3, -0.25) is 0 Å². The van der Waals surface area contributed by atoms with Crippen molar-refractivity contribution < 1.29 is 0 Å². The van der Waals surface area contributed by atoms with Crippen molar-refractivity contribution in [3.8, 4) is 0 Å². The summed E-state index contributed by atoms with van der Waals surface area (Å²) < 4.78 is 0. The molecule has 1 fully saturated rings. The largest absolute Gasteiger partial charge is 0.333 e. The van der Waals surface area contributed by atoms with E-state index in [1.54, 1.807) is 0 Å². The second kappa shape index (κ2) is 18.7. The highest BCUT2D eigenvalue weighted by Gasteiger charge is 1.95. The van der Waals surface area contributed by atoms with E-state index in [9.17, 15) is 0 Å². The van der Waals surface area contributed by atoms with Crippen LogP contribution in [0, 0.1) is 0 Å². The Labute approximate surface area is 90.4 Å². The maximum atomic E-state index is 4.50. The van der Waals surface area contributed by atoms with Gasteiger partial charge in [-0.1, -0.05) is 64.2 Å². The lowest BCUT2D eigenvalue weighted by molar-refractivity contribution is 0.504. The molecule has 0 aromatic rings. The van der Waals surface area contributed by atoms with Gasteiger partial charge in [0, 0.05) is 0 Å².